The van der Waals surface area contributed by atoms with Gasteiger partial charge in [0.1, 0.15) is 12.4 Å². The highest BCUT2D eigenvalue weighted by atomic mass is 32.2. The number of aliphatic imine (C=N–C) groups is 1. The summed E-state index contributed by atoms with van der Waals surface area (Å²) in [4.78, 5) is 6.52. The minimum atomic E-state index is -3.27. The van der Waals surface area contributed by atoms with Crippen LogP contribution >= 0.6 is 0 Å². The quantitative estimate of drug-likeness (QED) is 0.410. The Morgan fingerprint density at radius 1 is 1.07 bits per heavy atom. The summed E-state index contributed by atoms with van der Waals surface area (Å²) in [7, 11) is 0.598. The Bertz CT molecular complexity index is 835. The Hall–Kier alpha value is -2.74. The molecule has 146 valence electrons. The number of ether oxygens (including phenoxy) is 1. The molecule has 0 heterocycles. The molecule has 0 aliphatic rings. The minimum Gasteiger partial charge on any atom is -0.492 e. The van der Waals surface area contributed by atoms with Crippen molar-refractivity contribution in [1.29, 1.82) is 0 Å². The van der Waals surface area contributed by atoms with Gasteiger partial charge in [-0.25, -0.2) is 13.4 Å². The molecule has 0 aliphatic carbocycles. The number of anilines is 1. The van der Waals surface area contributed by atoms with Gasteiger partial charge in [-0.3, -0.25) is 4.72 Å². The van der Waals surface area contributed by atoms with Crippen LogP contribution in [0, 0.1) is 0 Å². The largest absolute Gasteiger partial charge is 0.492 e. The third-order valence-electron chi connectivity index (χ3n) is 3.49. The van der Waals surface area contributed by atoms with Crippen LogP contribution in [0.4, 0.5) is 5.69 Å². The molecular formula is C19H26N4O3S. The number of hydrogen-bond donors (Lipinski definition) is 2. The van der Waals surface area contributed by atoms with Gasteiger partial charge < -0.3 is 15.0 Å². The van der Waals surface area contributed by atoms with Crippen LogP contribution in [0.15, 0.2) is 59.6 Å². The zero-order valence-corrected chi connectivity index (χ0v) is 16.7. The molecule has 2 aromatic carbocycles. The van der Waals surface area contributed by atoms with Crippen LogP contribution < -0.4 is 14.8 Å². The molecule has 0 bridgehead atoms. The van der Waals surface area contributed by atoms with Crippen molar-refractivity contribution in [2.24, 2.45) is 4.99 Å². The van der Waals surface area contributed by atoms with E-state index in [9.17, 15) is 8.42 Å². The SMILES string of the molecule is CN(C)C(=NCc1ccccc1)NCCOc1ccc(NS(C)(=O)=O)cc1. The third kappa shape index (κ3) is 8.00. The Morgan fingerprint density at radius 3 is 2.33 bits per heavy atom. The van der Waals surface area contributed by atoms with E-state index in [0.717, 1.165) is 17.8 Å². The average molecular weight is 391 g/mol. The average Bonchev–Trinajstić information content (AvgIpc) is 2.61. The van der Waals surface area contributed by atoms with E-state index in [-0.39, 0.29) is 0 Å². The Kier molecular flexibility index (Phi) is 7.48. The number of nitrogens with zero attached hydrogens (tertiary/aromatic N) is 2. The van der Waals surface area contributed by atoms with Gasteiger partial charge in [-0.2, -0.15) is 0 Å². The number of sulfonamides is 1. The van der Waals surface area contributed by atoms with Gasteiger partial charge in [0.15, 0.2) is 5.96 Å². The smallest absolute Gasteiger partial charge is 0.229 e. The number of guanidine groups is 1. The van der Waals surface area contributed by atoms with Gasteiger partial charge in [-0.15, -0.1) is 0 Å². The lowest BCUT2D eigenvalue weighted by atomic mass is 10.2. The molecule has 0 spiro atoms. The molecule has 2 rings (SSSR count). The van der Waals surface area contributed by atoms with Gasteiger partial charge in [-0.1, -0.05) is 30.3 Å². The van der Waals surface area contributed by atoms with Crippen molar-refractivity contribution in [2.75, 3.05) is 38.2 Å². The molecule has 0 radical (unpaired) electrons. The summed E-state index contributed by atoms with van der Waals surface area (Å²) in [5.41, 5.74) is 1.66. The topological polar surface area (TPSA) is 83.0 Å². The van der Waals surface area contributed by atoms with Crippen molar-refractivity contribution in [3.63, 3.8) is 0 Å². The van der Waals surface area contributed by atoms with Gasteiger partial charge in [0.25, 0.3) is 0 Å². The van der Waals surface area contributed by atoms with Gasteiger partial charge in [0.2, 0.25) is 10.0 Å². The Labute approximate surface area is 161 Å². The second-order valence-electron chi connectivity index (χ2n) is 6.19. The zero-order chi connectivity index (χ0) is 19.7. The normalized spacial score (nSPS) is 11.7. The van der Waals surface area contributed by atoms with E-state index in [1.807, 2.05) is 49.3 Å². The zero-order valence-electron chi connectivity index (χ0n) is 15.8. The molecule has 0 amide bonds. The first-order valence-corrected chi connectivity index (χ1v) is 10.4. The van der Waals surface area contributed by atoms with E-state index in [1.54, 1.807) is 24.3 Å². The van der Waals surface area contributed by atoms with E-state index in [4.69, 9.17) is 4.74 Å². The van der Waals surface area contributed by atoms with Gasteiger partial charge >= 0.3 is 0 Å². The fraction of sp³-hybridized carbons (Fsp3) is 0.316. The fourth-order valence-corrected chi connectivity index (χ4v) is 2.83. The second-order valence-corrected chi connectivity index (χ2v) is 7.94. The van der Waals surface area contributed by atoms with Crippen LogP contribution in [0.5, 0.6) is 5.75 Å². The molecule has 0 atom stereocenters. The first-order valence-electron chi connectivity index (χ1n) is 8.54. The highest BCUT2D eigenvalue weighted by Crippen LogP contribution is 2.16. The van der Waals surface area contributed by atoms with Gasteiger partial charge in [0, 0.05) is 19.8 Å². The molecule has 0 aliphatic heterocycles. The molecule has 8 heteroatoms. The summed E-state index contributed by atoms with van der Waals surface area (Å²) < 4.78 is 30.5. The molecule has 27 heavy (non-hydrogen) atoms. The maximum Gasteiger partial charge on any atom is 0.229 e. The molecule has 2 aromatic rings. The monoisotopic (exact) mass is 390 g/mol. The summed E-state index contributed by atoms with van der Waals surface area (Å²) in [5.74, 6) is 1.46. The predicted molar refractivity (Wildman–Crippen MR) is 110 cm³/mol. The van der Waals surface area contributed by atoms with Crippen molar-refractivity contribution in [3.8, 4) is 5.75 Å². The molecule has 0 saturated heterocycles. The second kappa shape index (κ2) is 9.82. The van der Waals surface area contributed by atoms with Crippen LogP contribution in [-0.2, 0) is 16.6 Å². The summed E-state index contributed by atoms with van der Waals surface area (Å²) in [6.45, 7) is 1.66. The van der Waals surface area contributed by atoms with Crippen molar-refractivity contribution in [3.05, 3.63) is 60.2 Å². The molecule has 0 aromatic heterocycles. The summed E-state index contributed by atoms with van der Waals surface area (Å²) in [6.07, 6.45) is 1.12. The highest BCUT2D eigenvalue weighted by molar-refractivity contribution is 7.92. The van der Waals surface area contributed by atoms with E-state index >= 15 is 0 Å². The highest BCUT2D eigenvalue weighted by Gasteiger charge is 2.03. The van der Waals surface area contributed by atoms with Crippen LogP contribution in [0.1, 0.15) is 5.56 Å². The predicted octanol–water partition coefficient (Wildman–Crippen LogP) is 2.14. The Balaban J connectivity index is 1.79. The van der Waals surface area contributed by atoms with Crippen LogP contribution in [0.3, 0.4) is 0 Å². The molecule has 0 saturated carbocycles. The van der Waals surface area contributed by atoms with Crippen LogP contribution in [0.2, 0.25) is 0 Å². The van der Waals surface area contributed by atoms with Crippen molar-refractivity contribution in [2.45, 2.75) is 6.54 Å². The Morgan fingerprint density at radius 2 is 1.74 bits per heavy atom. The third-order valence-corrected chi connectivity index (χ3v) is 4.10. The maximum absolute atomic E-state index is 11.2. The van der Waals surface area contributed by atoms with Crippen LogP contribution in [-0.4, -0.2) is 52.8 Å². The van der Waals surface area contributed by atoms with E-state index in [2.05, 4.69) is 15.0 Å². The van der Waals surface area contributed by atoms with Crippen LogP contribution in [0.25, 0.3) is 0 Å². The van der Waals surface area contributed by atoms with E-state index in [1.165, 1.54) is 0 Å². The lowest BCUT2D eigenvalue weighted by Gasteiger charge is -2.18. The summed E-state index contributed by atoms with van der Waals surface area (Å²) >= 11 is 0. The maximum atomic E-state index is 11.2. The number of hydrogen-bond acceptors (Lipinski definition) is 4. The lowest BCUT2D eigenvalue weighted by molar-refractivity contribution is 0.320. The number of benzene rings is 2. The first-order chi connectivity index (χ1) is 12.8. The molecular weight excluding hydrogens is 364 g/mol. The van der Waals surface area contributed by atoms with Crippen molar-refractivity contribution < 1.29 is 13.2 Å². The van der Waals surface area contributed by atoms with Gasteiger partial charge in [-0.05, 0) is 29.8 Å². The fourth-order valence-electron chi connectivity index (χ4n) is 2.27. The first kappa shape index (κ1) is 20.6. The standard InChI is InChI=1S/C19H26N4O3S/c1-23(2)19(21-15-16-7-5-4-6-8-16)20-13-14-26-18-11-9-17(10-12-18)22-27(3,24)25/h4-12,22H,13-15H2,1-3H3,(H,20,21). The van der Waals surface area contributed by atoms with Crippen molar-refractivity contribution >= 4 is 21.7 Å². The summed E-state index contributed by atoms with van der Waals surface area (Å²) in [6, 6.07) is 16.8. The van der Waals surface area contributed by atoms with E-state index in [0.29, 0.717) is 31.1 Å². The molecule has 2 N–H and O–H groups in total. The number of rotatable bonds is 8. The minimum absolute atomic E-state index is 0.455. The van der Waals surface area contributed by atoms with Gasteiger partial charge in [0.05, 0.1) is 19.3 Å². The number of nitrogens with one attached hydrogen (secondary N) is 2. The molecule has 7 nitrogen and oxygen atoms in total. The molecule has 0 unspecified atom stereocenters. The van der Waals surface area contributed by atoms with Crippen molar-refractivity contribution in [1.82, 2.24) is 10.2 Å². The molecule has 0 fully saturated rings. The summed E-state index contributed by atoms with van der Waals surface area (Å²) in [5, 5.41) is 3.26. The van der Waals surface area contributed by atoms with E-state index < -0.39 is 10.0 Å². The lowest BCUT2D eigenvalue weighted by Crippen LogP contribution is -2.38.